The second-order valence-corrected chi connectivity index (χ2v) is 5.85. The normalized spacial score (nSPS) is 19.8. The van der Waals surface area contributed by atoms with Gasteiger partial charge in [0.1, 0.15) is 11.0 Å². The number of carbonyl (C=O) groups is 1. The molecule has 6 nitrogen and oxygen atoms in total. The van der Waals surface area contributed by atoms with Crippen LogP contribution < -0.4 is 5.32 Å². The minimum Gasteiger partial charge on any atom is -0.355 e. The van der Waals surface area contributed by atoms with Crippen molar-refractivity contribution in [3.8, 4) is 0 Å². The Bertz CT molecular complexity index is 635. The second-order valence-electron chi connectivity index (χ2n) is 5.85. The number of benzene rings is 1. The number of nitrogens with zero attached hydrogens (tertiary/aromatic N) is 3. The van der Waals surface area contributed by atoms with Gasteiger partial charge in [0.05, 0.1) is 0 Å². The minimum atomic E-state index is -0.155. The summed E-state index contributed by atoms with van der Waals surface area (Å²) in [5.74, 6) is 0.119. The maximum absolute atomic E-state index is 11.7. The highest BCUT2D eigenvalue weighted by Crippen LogP contribution is 2.23. The van der Waals surface area contributed by atoms with Crippen LogP contribution in [0, 0.1) is 0 Å². The molecular weight excluding hydrogens is 256 g/mol. The Morgan fingerprint density at radius 3 is 3.00 bits per heavy atom. The molecule has 0 atom stereocenters. The minimum absolute atomic E-state index is 0.119. The predicted octanol–water partition coefficient (Wildman–Crippen LogP) is 1.32. The van der Waals surface area contributed by atoms with Gasteiger partial charge in [-0.15, -0.1) is 0 Å². The van der Waals surface area contributed by atoms with E-state index in [4.69, 9.17) is 4.63 Å². The van der Waals surface area contributed by atoms with E-state index in [-0.39, 0.29) is 11.4 Å². The first kappa shape index (κ1) is 13.1. The fourth-order valence-corrected chi connectivity index (χ4v) is 2.64. The lowest BCUT2D eigenvalue weighted by atomic mass is 9.97. The van der Waals surface area contributed by atoms with Crippen molar-refractivity contribution in [2.75, 3.05) is 13.1 Å². The van der Waals surface area contributed by atoms with Gasteiger partial charge in [0.25, 0.3) is 0 Å². The molecule has 1 amide bonds. The predicted molar refractivity (Wildman–Crippen MR) is 73.9 cm³/mol. The maximum Gasteiger partial charge on any atom is 0.221 e. The van der Waals surface area contributed by atoms with Crippen molar-refractivity contribution in [2.45, 2.75) is 32.4 Å². The Morgan fingerprint density at radius 2 is 2.15 bits per heavy atom. The zero-order valence-electron chi connectivity index (χ0n) is 11.7. The van der Waals surface area contributed by atoms with Crippen molar-refractivity contribution < 1.29 is 9.42 Å². The monoisotopic (exact) mass is 274 g/mol. The Morgan fingerprint density at radius 1 is 1.35 bits per heavy atom. The summed E-state index contributed by atoms with van der Waals surface area (Å²) in [6.45, 7) is 6.52. The lowest BCUT2D eigenvalue weighted by Crippen LogP contribution is -2.44. The molecule has 2 heterocycles. The summed E-state index contributed by atoms with van der Waals surface area (Å²) in [6, 6.07) is 5.93. The van der Waals surface area contributed by atoms with E-state index in [2.05, 4.69) is 34.4 Å². The molecule has 1 fully saturated rings. The van der Waals surface area contributed by atoms with Gasteiger partial charge in [-0.3, -0.25) is 9.69 Å². The van der Waals surface area contributed by atoms with Crippen LogP contribution in [0.15, 0.2) is 22.8 Å². The van der Waals surface area contributed by atoms with Crippen LogP contribution in [-0.4, -0.2) is 39.7 Å². The largest absolute Gasteiger partial charge is 0.355 e. The van der Waals surface area contributed by atoms with Crippen LogP contribution in [0.1, 0.15) is 25.8 Å². The number of rotatable bonds is 2. The zero-order valence-corrected chi connectivity index (χ0v) is 11.7. The third kappa shape index (κ3) is 2.51. The van der Waals surface area contributed by atoms with Crippen molar-refractivity contribution in [3.63, 3.8) is 0 Å². The van der Waals surface area contributed by atoms with E-state index in [0.29, 0.717) is 13.0 Å². The maximum atomic E-state index is 11.7. The van der Waals surface area contributed by atoms with E-state index in [1.807, 2.05) is 18.2 Å². The number of carbonyl (C=O) groups excluding carboxylic acids is 1. The van der Waals surface area contributed by atoms with Crippen molar-refractivity contribution in [2.24, 2.45) is 0 Å². The molecule has 1 saturated heterocycles. The first-order valence-electron chi connectivity index (χ1n) is 6.77. The smallest absolute Gasteiger partial charge is 0.221 e. The van der Waals surface area contributed by atoms with Crippen LogP contribution in [-0.2, 0) is 11.3 Å². The third-order valence-corrected chi connectivity index (χ3v) is 3.84. The number of nitrogens with one attached hydrogen (secondary N) is 1. The summed E-state index contributed by atoms with van der Waals surface area (Å²) in [4.78, 5) is 14.0. The second kappa shape index (κ2) is 4.86. The lowest BCUT2D eigenvalue weighted by Gasteiger charge is -2.36. The molecule has 3 rings (SSSR count). The fraction of sp³-hybridized carbons (Fsp3) is 0.500. The van der Waals surface area contributed by atoms with Gasteiger partial charge in [0, 0.05) is 31.6 Å². The summed E-state index contributed by atoms with van der Waals surface area (Å²) in [5.41, 5.74) is 2.53. The molecule has 106 valence electrons. The average molecular weight is 274 g/mol. The highest BCUT2D eigenvalue weighted by atomic mass is 16.6. The molecule has 1 aliphatic rings. The molecule has 0 radical (unpaired) electrons. The molecule has 0 spiro atoms. The van der Waals surface area contributed by atoms with Crippen LogP contribution in [0.3, 0.4) is 0 Å². The first-order chi connectivity index (χ1) is 9.54. The van der Waals surface area contributed by atoms with Gasteiger partial charge in [-0.25, -0.2) is 4.63 Å². The average Bonchev–Trinajstić information content (AvgIpc) is 2.79. The van der Waals surface area contributed by atoms with Gasteiger partial charge in [-0.1, -0.05) is 6.07 Å². The van der Waals surface area contributed by atoms with Crippen LogP contribution in [0.4, 0.5) is 0 Å². The summed E-state index contributed by atoms with van der Waals surface area (Å²) in [6.07, 6.45) is 0.515. The molecule has 0 bridgehead atoms. The molecule has 2 aromatic rings. The van der Waals surface area contributed by atoms with Crippen molar-refractivity contribution >= 4 is 16.9 Å². The molecule has 0 unspecified atom stereocenters. The van der Waals surface area contributed by atoms with E-state index in [1.165, 1.54) is 0 Å². The van der Waals surface area contributed by atoms with Gasteiger partial charge in [-0.2, -0.15) is 0 Å². The summed E-state index contributed by atoms with van der Waals surface area (Å²) >= 11 is 0. The highest BCUT2D eigenvalue weighted by Gasteiger charge is 2.31. The number of fused-ring (bicyclic) bond motifs is 1. The first-order valence-corrected chi connectivity index (χ1v) is 6.77. The molecule has 6 heteroatoms. The van der Waals surface area contributed by atoms with Crippen LogP contribution in [0.5, 0.6) is 0 Å². The summed E-state index contributed by atoms with van der Waals surface area (Å²) in [5, 5.41) is 10.6. The van der Waals surface area contributed by atoms with E-state index >= 15 is 0 Å². The van der Waals surface area contributed by atoms with E-state index in [0.717, 1.165) is 29.7 Å². The highest BCUT2D eigenvalue weighted by molar-refractivity contribution is 5.77. The van der Waals surface area contributed by atoms with Crippen molar-refractivity contribution in [1.82, 2.24) is 20.5 Å². The van der Waals surface area contributed by atoms with Gasteiger partial charge < -0.3 is 5.32 Å². The number of hydrogen-bond acceptors (Lipinski definition) is 5. The number of hydrogen-bond donors (Lipinski definition) is 1. The quantitative estimate of drug-likeness (QED) is 0.894. The molecule has 0 aliphatic carbocycles. The van der Waals surface area contributed by atoms with Gasteiger partial charge in [0.2, 0.25) is 5.91 Å². The fourth-order valence-electron chi connectivity index (χ4n) is 2.64. The van der Waals surface area contributed by atoms with Crippen molar-refractivity contribution in [3.05, 3.63) is 23.8 Å². The van der Waals surface area contributed by atoms with Gasteiger partial charge >= 0.3 is 0 Å². The molecule has 0 saturated carbocycles. The number of aromatic nitrogens is 2. The summed E-state index contributed by atoms with van der Waals surface area (Å²) < 4.78 is 4.72. The Kier molecular flexibility index (Phi) is 3.17. The number of amides is 1. The topological polar surface area (TPSA) is 71.3 Å². The molecular formula is C14H18N4O2. The Labute approximate surface area is 117 Å². The molecule has 1 N–H and O–H groups in total. The zero-order chi connectivity index (χ0) is 14.2. The summed E-state index contributed by atoms with van der Waals surface area (Å²) in [7, 11) is 0. The van der Waals surface area contributed by atoms with Gasteiger partial charge in [-0.05, 0) is 41.9 Å². The van der Waals surface area contributed by atoms with Crippen LogP contribution in [0.25, 0.3) is 11.0 Å². The SMILES string of the molecule is CC1(C)CC(=O)NCCN1Cc1ccc2nonc2c1. The van der Waals surface area contributed by atoms with E-state index in [1.54, 1.807) is 0 Å². The van der Waals surface area contributed by atoms with Gasteiger partial charge in [0.15, 0.2) is 0 Å². The van der Waals surface area contributed by atoms with E-state index < -0.39 is 0 Å². The van der Waals surface area contributed by atoms with E-state index in [9.17, 15) is 4.79 Å². The molecule has 1 aliphatic heterocycles. The molecule has 1 aromatic carbocycles. The third-order valence-electron chi connectivity index (χ3n) is 3.84. The molecule has 20 heavy (non-hydrogen) atoms. The van der Waals surface area contributed by atoms with Crippen molar-refractivity contribution in [1.29, 1.82) is 0 Å². The Balaban J connectivity index is 1.83. The molecule has 1 aromatic heterocycles. The van der Waals surface area contributed by atoms with Crippen LogP contribution in [0.2, 0.25) is 0 Å². The van der Waals surface area contributed by atoms with Crippen LogP contribution >= 0.6 is 0 Å². The standard InChI is InChI=1S/C14H18N4O2/c1-14(2)8-13(19)15-5-6-18(14)9-10-3-4-11-12(7-10)17-20-16-11/h3-4,7H,5-6,8-9H2,1-2H3,(H,15,19). The lowest BCUT2D eigenvalue weighted by molar-refractivity contribution is -0.122. The Hall–Kier alpha value is -1.95.